The van der Waals surface area contributed by atoms with Crippen molar-refractivity contribution < 1.29 is 22.6 Å². The molecule has 0 bridgehead atoms. The van der Waals surface area contributed by atoms with Crippen molar-refractivity contribution >= 4 is 33.1 Å². The molecule has 1 aliphatic heterocycles. The normalized spacial score (nSPS) is 20.3. The molecule has 2 heterocycles. The molecule has 0 fully saturated rings. The average molecular weight is 351 g/mol. The third kappa shape index (κ3) is 4.07. The zero-order valence-electron chi connectivity index (χ0n) is 11.7. The number of hydrogen-bond donors (Lipinski definition) is 1. The molecule has 9 heteroatoms. The van der Waals surface area contributed by atoms with E-state index in [9.17, 15) is 8.42 Å². The number of ether oxygens (including phenoxy) is 3. The van der Waals surface area contributed by atoms with Gasteiger partial charge in [-0.25, -0.2) is 13.6 Å². The molecule has 118 valence electrons. The van der Waals surface area contributed by atoms with E-state index in [1.54, 1.807) is 6.07 Å². The fourth-order valence-corrected chi connectivity index (χ4v) is 5.29. The first-order valence-electron chi connectivity index (χ1n) is 6.17. The fraction of sp³-hybridized carbons (Fsp3) is 0.500. The van der Waals surface area contributed by atoms with E-state index in [0.717, 1.165) is 26.0 Å². The zero-order valence-corrected chi connectivity index (χ0v) is 14.1. The minimum absolute atomic E-state index is 0.119. The Kier molecular flexibility index (Phi) is 5.47. The predicted octanol–water partition coefficient (Wildman–Crippen LogP) is 2.43. The summed E-state index contributed by atoms with van der Waals surface area (Å²) in [5.74, 6) is 0. The van der Waals surface area contributed by atoms with Gasteiger partial charge in [0.05, 0.1) is 10.3 Å². The Balaban J connectivity index is 2.29. The van der Waals surface area contributed by atoms with Crippen molar-refractivity contribution in [2.24, 2.45) is 5.14 Å². The maximum Gasteiger partial charge on any atom is 0.271 e. The Morgan fingerprint density at radius 2 is 2.29 bits per heavy atom. The van der Waals surface area contributed by atoms with Crippen LogP contribution in [0.2, 0.25) is 0 Å². The van der Waals surface area contributed by atoms with E-state index in [2.05, 4.69) is 6.58 Å². The van der Waals surface area contributed by atoms with Crippen molar-refractivity contribution in [3.63, 3.8) is 0 Å². The van der Waals surface area contributed by atoms with Gasteiger partial charge in [0.1, 0.15) is 4.21 Å². The number of nitrogens with two attached hydrogens (primary N) is 1. The number of fused-ring (bicyclic) bond motifs is 1. The van der Waals surface area contributed by atoms with Crippen molar-refractivity contribution in [3.8, 4) is 0 Å². The molecular formula is C12H17NO5S3. The molecule has 1 aromatic rings. The van der Waals surface area contributed by atoms with Gasteiger partial charge in [-0.3, -0.25) is 0 Å². The fourth-order valence-electron chi connectivity index (χ4n) is 1.85. The van der Waals surface area contributed by atoms with Gasteiger partial charge in [0.2, 0.25) is 10.0 Å². The Morgan fingerprint density at radius 3 is 2.86 bits per heavy atom. The van der Waals surface area contributed by atoms with Crippen molar-refractivity contribution in [1.29, 1.82) is 0 Å². The number of primary sulfonamides is 1. The summed E-state index contributed by atoms with van der Waals surface area (Å²) in [6.07, 6.45) is 0.197. The largest absolute Gasteiger partial charge is 0.333 e. The molecule has 6 nitrogen and oxygen atoms in total. The van der Waals surface area contributed by atoms with Gasteiger partial charge in [-0.15, -0.1) is 11.3 Å². The number of rotatable bonds is 6. The van der Waals surface area contributed by atoms with Crippen LogP contribution in [-0.4, -0.2) is 28.6 Å². The number of hydrogen-bond acceptors (Lipinski definition) is 7. The summed E-state index contributed by atoms with van der Waals surface area (Å²) in [7, 11) is -2.24. The molecule has 0 spiro atoms. The summed E-state index contributed by atoms with van der Waals surface area (Å²) in [5.41, 5.74) is 0.781. The first-order valence-corrected chi connectivity index (χ1v) is 9.35. The van der Waals surface area contributed by atoms with Gasteiger partial charge in [-0.2, -0.15) is 0 Å². The predicted molar refractivity (Wildman–Crippen MR) is 81.6 cm³/mol. The molecule has 0 aliphatic carbocycles. The van der Waals surface area contributed by atoms with Gasteiger partial charge in [0.15, 0.2) is 0 Å². The van der Waals surface area contributed by atoms with E-state index in [-0.39, 0.29) is 10.3 Å². The summed E-state index contributed by atoms with van der Waals surface area (Å²) in [6.45, 7) is 5.41. The minimum atomic E-state index is -3.72. The second-order valence-corrected chi connectivity index (χ2v) is 8.59. The number of methoxy groups -OCH3 is 1. The van der Waals surface area contributed by atoms with Gasteiger partial charge < -0.3 is 14.2 Å². The summed E-state index contributed by atoms with van der Waals surface area (Å²) >= 11 is 2.57. The highest BCUT2D eigenvalue weighted by atomic mass is 32.3. The molecule has 0 radical (unpaired) electrons. The van der Waals surface area contributed by atoms with Crippen molar-refractivity contribution in [3.05, 3.63) is 23.1 Å². The Labute approximate surface area is 132 Å². The molecule has 2 rings (SSSR count). The van der Waals surface area contributed by atoms with Crippen molar-refractivity contribution in [1.82, 2.24) is 0 Å². The Morgan fingerprint density at radius 1 is 1.57 bits per heavy atom. The van der Waals surface area contributed by atoms with Crippen LogP contribution in [0.4, 0.5) is 0 Å². The lowest BCUT2D eigenvalue weighted by atomic mass is 10.1. The third-order valence-corrected chi connectivity index (χ3v) is 6.49. The van der Waals surface area contributed by atoms with Crippen LogP contribution in [0.25, 0.3) is 0 Å². The molecule has 21 heavy (non-hydrogen) atoms. The van der Waals surface area contributed by atoms with Crippen LogP contribution in [0, 0.1) is 0 Å². The zero-order chi connectivity index (χ0) is 15.6. The maximum absolute atomic E-state index is 11.5. The lowest BCUT2D eigenvalue weighted by Gasteiger charge is -2.27. The van der Waals surface area contributed by atoms with Gasteiger partial charge in [0.25, 0.3) is 6.48 Å². The van der Waals surface area contributed by atoms with Gasteiger partial charge in [0, 0.05) is 25.7 Å². The SMILES string of the molecule is C=C1CC(OC(OC)OCC)c2cc(S(N)(=O)=O)sc2S1. The minimum Gasteiger partial charge on any atom is -0.333 e. The second kappa shape index (κ2) is 6.78. The number of sulfonamides is 1. The van der Waals surface area contributed by atoms with Gasteiger partial charge in [-0.1, -0.05) is 18.3 Å². The van der Waals surface area contributed by atoms with E-state index in [1.807, 2.05) is 6.92 Å². The van der Waals surface area contributed by atoms with E-state index >= 15 is 0 Å². The summed E-state index contributed by atoms with van der Waals surface area (Å²) in [6, 6.07) is 1.55. The topological polar surface area (TPSA) is 87.8 Å². The first-order chi connectivity index (χ1) is 9.85. The quantitative estimate of drug-likeness (QED) is 0.792. The highest BCUT2D eigenvalue weighted by Crippen LogP contribution is 2.49. The van der Waals surface area contributed by atoms with E-state index in [1.165, 1.54) is 18.9 Å². The molecular weight excluding hydrogens is 334 g/mol. The van der Waals surface area contributed by atoms with E-state index in [4.69, 9.17) is 19.3 Å². The summed E-state index contributed by atoms with van der Waals surface area (Å²) in [5, 5.41) is 5.18. The summed E-state index contributed by atoms with van der Waals surface area (Å²) < 4.78 is 40.1. The van der Waals surface area contributed by atoms with Crippen LogP contribution in [0.1, 0.15) is 25.0 Å². The Hall–Kier alpha value is -0.420. The van der Waals surface area contributed by atoms with Crippen LogP contribution in [0.15, 0.2) is 26.0 Å². The number of thioether (sulfide) groups is 1. The Bertz CT molecular complexity index is 625. The van der Waals surface area contributed by atoms with E-state index < -0.39 is 16.5 Å². The molecule has 1 aliphatic rings. The molecule has 0 aromatic carbocycles. The molecule has 1 aromatic heterocycles. The van der Waals surface area contributed by atoms with Gasteiger partial charge in [-0.05, 0) is 17.9 Å². The molecule has 2 unspecified atom stereocenters. The first kappa shape index (κ1) is 16.9. The van der Waals surface area contributed by atoms with Crippen LogP contribution in [0.3, 0.4) is 0 Å². The van der Waals surface area contributed by atoms with Crippen molar-refractivity contribution in [2.45, 2.75) is 34.3 Å². The van der Waals surface area contributed by atoms with E-state index in [0.29, 0.717) is 13.0 Å². The molecule has 0 saturated carbocycles. The molecule has 0 saturated heterocycles. The lowest BCUT2D eigenvalue weighted by Crippen LogP contribution is -2.23. The summed E-state index contributed by atoms with van der Waals surface area (Å²) in [4.78, 5) is 0.890. The molecule has 0 amide bonds. The van der Waals surface area contributed by atoms with Crippen LogP contribution >= 0.6 is 23.1 Å². The van der Waals surface area contributed by atoms with Crippen molar-refractivity contribution in [2.75, 3.05) is 13.7 Å². The molecule has 2 N–H and O–H groups in total. The maximum atomic E-state index is 11.5. The van der Waals surface area contributed by atoms with Crippen LogP contribution < -0.4 is 5.14 Å². The highest BCUT2D eigenvalue weighted by molar-refractivity contribution is 8.05. The monoisotopic (exact) mass is 351 g/mol. The lowest BCUT2D eigenvalue weighted by molar-refractivity contribution is -0.294. The smallest absolute Gasteiger partial charge is 0.271 e. The standard InChI is InChI=1S/C12H17NO5S3/c1-4-17-12(16-3)18-9-5-7(2)19-11-8(9)6-10(20-11)21(13,14)15/h6,9,12H,2,4-5H2,1,3H3,(H2,13,14,15). The van der Waals surface area contributed by atoms with Crippen LogP contribution in [0.5, 0.6) is 0 Å². The number of thiophene rings is 1. The van der Waals surface area contributed by atoms with Crippen LogP contribution in [-0.2, 0) is 24.2 Å². The second-order valence-electron chi connectivity index (χ2n) is 4.30. The third-order valence-electron chi connectivity index (χ3n) is 2.75. The molecule has 2 atom stereocenters. The average Bonchev–Trinajstić information content (AvgIpc) is 2.81. The highest BCUT2D eigenvalue weighted by Gasteiger charge is 2.30. The van der Waals surface area contributed by atoms with Gasteiger partial charge >= 0.3 is 0 Å².